The van der Waals surface area contributed by atoms with E-state index < -0.39 is 0 Å². The Morgan fingerprint density at radius 2 is 1.85 bits per heavy atom. The molecule has 33 heavy (non-hydrogen) atoms. The number of pyridine rings is 2. The van der Waals surface area contributed by atoms with E-state index >= 15 is 0 Å². The summed E-state index contributed by atoms with van der Waals surface area (Å²) in [6, 6.07) is 4.62. The summed E-state index contributed by atoms with van der Waals surface area (Å²) in [4.78, 5) is 24.1. The molecule has 1 saturated heterocycles. The van der Waals surface area contributed by atoms with Gasteiger partial charge in [-0.1, -0.05) is 5.21 Å². The first-order valence-electron chi connectivity index (χ1n) is 11.2. The van der Waals surface area contributed by atoms with E-state index in [0.29, 0.717) is 11.9 Å². The van der Waals surface area contributed by atoms with E-state index in [-0.39, 0.29) is 17.6 Å². The minimum atomic E-state index is -0.325. The summed E-state index contributed by atoms with van der Waals surface area (Å²) in [6.07, 6.45) is 10.9. The molecule has 170 valence electrons. The summed E-state index contributed by atoms with van der Waals surface area (Å²) < 4.78 is 3.56. The monoisotopic (exact) mass is 445 g/mol. The van der Waals surface area contributed by atoms with Crippen LogP contribution < -0.4 is 5.32 Å². The van der Waals surface area contributed by atoms with Crippen LogP contribution in [0.5, 0.6) is 0 Å². The maximum atomic E-state index is 12.8. The van der Waals surface area contributed by atoms with Gasteiger partial charge in [-0.2, -0.15) is 5.10 Å². The van der Waals surface area contributed by atoms with Gasteiger partial charge in [0.15, 0.2) is 5.69 Å². The SMILES string of the molecule is CC(C)N1CCC(n2cc(C(=O)Nc3cc4cc(-c5cnn(C)c5)ncc4cn3)nn2)CC1. The standard InChI is InChI=1S/C23H27N9O/c1-15(2)31-6-4-19(5-7-31)32-14-21(28-29-32)23(33)27-22-9-16-8-20(18-12-26-30(3)13-18)24-10-17(16)11-25-22/h8-15,19H,4-7H2,1-3H3,(H,25,27,33). The first-order chi connectivity index (χ1) is 16.0. The molecule has 4 aromatic rings. The number of hydrogen-bond acceptors (Lipinski definition) is 7. The summed E-state index contributed by atoms with van der Waals surface area (Å²) in [5.41, 5.74) is 2.03. The Bertz CT molecular complexity index is 1280. The normalized spacial score (nSPS) is 15.4. The molecular formula is C23H27N9O. The van der Waals surface area contributed by atoms with Gasteiger partial charge in [-0.15, -0.1) is 5.10 Å². The maximum absolute atomic E-state index is 12.8. The van der Waals surface area contributed by atoms with Crippen LogP contribution in [0, 0.1) is 0 Å². The molecule has 0 aromatic carbocycles. The number of fused-ring (bicyclic) bond motifs is 1. The molecule has 0 spiro atoms. The Morgan fingerprint density at radius 3 is 2.58 bits per heavy atom. The van der Waals surface area contributed by atoms with Gasteiger partial charge in [0.05, 0.1) is 24.1 Å². The fraction of sp³-hybridized carbons (Fsp3) is 0.391. The molecule has 1 aliphatic heterocycles. The van der Waals surface area contributed by atoms with Crippen molar-refractivity contribution in [2.45, 2.75) is 38.8 Å². The smallest absolute Gasteiger partial charge is 0.278 e. The van der Waals surface area contributed by atoms with Crippen molar-refractivity contribution in [1.82, 2.24) is 39.6 Å². The molecule has 1 fully saturated rings. The Hall–Kier alpha value is -3.66. The molecule has 5 heterocycles. The number of likely N-dealkylation sites (tertiary alicyclic amines) is 1. The van der Waals surface area contributed by atoms with Crippen LogP contribution in [0.2, 0.25) is 0 Å². The number of aryl methyl sites for hydroxylation is 1. The van der Waals surface area contributed by atoms with Crippen molar-refractivity contribution in [3.8, 4) is 11.3 Å². The Balaban J connectivity index is 1.29. The third-order valence-corrected chi connectivity index (χ3v) is 6.19. The molecule has 5 rings (SSSR count). The zero-order valence-electron chi connectivity index (χ0n) is 19.0. The van der Waals surface area contributed by atoms with Gasteiger partial charge < -0.3 is 10.2 Å². The van der Waals surface area contributed by atoms with E-state index in [0.717, 1.165) is 48.0 Å². The first-order valence-corrected chi connectivity index (χ1v) is 11.2. The van der Waals surface area contributed by atoms with Gasteiger partial charge in [0.1, 0.15) is 5.82 Å². The lowest BCUT2D eigenvalue weighted by Crippen LogP contribution is -2.39. The van der Waals surface area contributed by atoms with Gasteiger partial charge in [-0.3, -0.25) is 14.5 Å². The largest absolute Gasteiger partial charge is 0.305 e. The summed E-state index contributed by atoms with van der Waals surface area (Å²) in [5.74, 6) is 0.130. The number of anilines is 1. The van der Waals surface area contributed by atoms with E-state index in [1.54, 1.807) is 29.5 Å². The minimum Gasteiger partial charge on any atom is -0.305 e. The fourth-order valence-electron chi connectivity index (χ4n) is 4.22. The van der Waals surface area contributed by atoms with Crippen LogP contribution in [0.15, 0.2) is 43.1 Å². The molecule has 0 aliphatic carbocycles. The molecule has 0 unspecified atom stereocenters. The molecule has 4 aromatic heterocycles. The van der Waals surface area contributed by atoms with Crippen LogP contribution >= 0.6 is 0 Å². The predicted octanol–water partition coefficient (Wildman–Crippen LogP) is 2.92. The molecular weight excluding hydrogens is 418 g/mol. The highest BCUT2D eigenvalue weighted by atomic mass is 16.2. The maximum Gasteiger partial charge on any atom is 0.278 e. The minimum absolute atomic E-state index is 0.270. The van der Waals surface area contributed by atoms with Gasteiger partial charge in [0.2, 0.25) is 0 Å². The third kappa shape index (κ3) is 4.47. The van der Waals surface area contributed by atoms with E-state index in [1.165, 1.54) is 0 Å². The summed E-state index contributed by atoms with van der Waals surface area (Å²) in [6.45, 7) is 6.49. The van der Waals surface area contributed by atoms with Crippen LogP contribution in [0.4, 0.5) is 5.82 Å². The van der Waals surface area contributed by atoms with Crippen LogP contribution in [-0.2, 0) is 7.05 Å². The average molecular weight is 446 g/mol. The van der Waals surface area contributed by atoms with Crippen molar-refractivity contribution in [2.24, 2.45) is 7.05 Å². The molecule has 0 bridgehead atoms. The van der Waals surface area contributed by atoms with Gasteiger partial charge in [-0.05, 0) is 44.2 Å². The number of carbonyl (C=O) groups excluding carboxylic acids is 1. The number of nitrogens with zero attached hydrogens (tertiary/aromatic N) is 8. The zero-order chi connectivity index (χ0) is 22.9. The lowest BCUT2D eigenvalue weighted by molar-refractivity contribution is 0.102. The van der Waals surface area contributed by atoms with Crippen molar-refractivity contribution in [3.05, 3.63) is 48.8 Å². The second-order valence-electron chi connectivity index (χ2n) is 8.79. The van der Waals surface area contributed by atoms with E-state index in [1.807, 2.05) is 30.1 Å². The predicted molar refractivity (Wildman–Crippen MR) is 125 cm³/mol. The van der Waals surface area contributed by atoms with Crippen molar-refractivity contribution in [3.63, 3.8) is 0 Å². The summed E-state index contributed by atoms with van der Waals surface area (Å²) >= 11 is 0. The lowest BCUT2D eigenvalue weighted by atomic mass is 10.0. The number of amides is 1. The molecule has 0 radical (unpaired) electrons. The van der Waals surface area contributed by atoms with E-state index in [2.05, 4.69) is 49.4 Å². The summed E-state index contributed by atoms with van der Waals surface area (Å²) in [7, 11) is 1.87. The molecule has 1 aliphatic rings. The lowest BCUT2D eigenvalue weighted by Gasteiger charge is -2.34. The van der Waals surface area contributed by atoms with Crippen LogP contribution in [-0.4, -0.2) is 64.7 Å². The highest BCUT2D eigenvalue weighted by Gasteiger charge is 2.24. The fourth-order valence-corrected chi connectivity index (χ4v) is 4.22. The van der Waals surface area contributed by atoms with Crippen molar-refractivity contribution < 1.29 is 4.79 Å². The van der Waals surface area contributed by atoms with Crippen LogP contribution in [0.25, 0.3) is 22.0 Å². The number of hydrogen-bond donors (Lipinski definition) is 1. The number of aromatic nitrogens is 7. The average Bonchev–Trinajstić information content (AvgIpc) is 3.48. The van der Waals surface area contributed by atoms with E-state index in [9.17, 15) is 4.79 Å². The number of rotatable bonds is 5. The third-order valence-electron chi connectivity index (χ3n) is 6.19. The Kier molecular flexibility index (Phi) is 5.59. The van der Waals surface area contributed by atoms with Crippen LogP contribution in [0.1, 0.15) is 43.2 Å². The molecule has 1 amide bonds. The molecule has 0 saturated carbocycles. The van der Waals surface area contributed by atoms with Crippen molar-refractivity contribution in [2.75, 3.05) is 18.4 Å². The molecule has 10 nitrogen and oxygen atoms in total. The molecule has 1 N–H and O–H groups in total. The van der Waals surface area contributed by atoms with E-state index in [4.69, 9.17) is 0 Å². The first kappa shape index (κ1) is 21.2. The quantitative estimate of drug-likeness (QED) is 0.503. The van der Waals surface area contributed by atoms with Gasteiger partial charge >= 0.3 is 0 Å². The number of carbonyl (C=O) groups is 1. The summed E-state index contributed by atoms with van der Waals surface area (Å²) in [5, 5.41) is 17.2. The van der Waals surface area contributed by atoms with Crippen molar-refractivity contribution in [1.29, 1.82) is 0 Å². The second-order valence-corrected chi connectivity index (χ2v) is 8.79. The second kappa shape index (κ2) is 8.70. The van der Waals surface area contributed by atoms with Gasteiger partial charge in [0.25, 0.3) is 5.91 Å². The van der Waals surface area contributed by atoms with Gasteiger partial charge in [-0.25, -0.2) is 9.67 Å². The Morgan fingerprint density at radius 1 is 1.06 bits per heavy atom. The Labute approximate surface area is 191 Å². The number of piperidine rings is 1. The number of nitrogens with one attached hydrogen (secondary N) is 1. The highest BCUT2D eigenvalue weighted by molar-refractivity contribution is 6.03. The van der Waals surface area contributed by atoms with Gasteiger partial charge in [0, 0.05) is 55.7 Å². The topological polar surface area (TPSA) is 107 Å². The van der Waals surface area contributed by atoms with Crippen molar-refractivity contribution >= 4 is 22.5 Å². The molecule has 10 heteroatoms. The highest BCUT2D eigenvalue weighted by Crippen LogP contribution is 2.24. The zero-order valence-corrected chi connectivity index (χ0v) is 19.0. The molecule has 0 atom stereocenters. The van der Waals surface area contributed by atoms with Crippen LogP contribution in [0.3, 0.4) is 0 Å².